The van der Waals surface area contributed by atoms with Gasteiger partial charge in [-0.25, -0.2) is 9.78 Å². The van der Waals surface area contributed by atoms with Crippen LogP contribution in [0.15, 0.2) is 12.3 Å². The van der Waals surface area contributed by atoms with Crippen molar-refractivity contribution in [3.05, 3.63) is 17.8 Å². The van der Waals surface area contributed by atoms with Gasteiger partial charge in [0.2, 0.25) is 0 Å². The predicted molar refractivity (Wildman–Crippen MR) is 81.3 cm³/mol. The van der Waals surface area contributed by atoms with E-state index in [0.717, 1.165) is 12.8 Å². The number of ether oxygens (including phenoxy) is 1. The van der Waals surface area contributed by atoms with Crippen LogP contribution in [-0.4, -0.2) is 41.9 Å². The van der Waals surface area contributed by atoms with Crippen LogP contribution >= 0.6 is 0 Å². The van der Waals surface area contributed by atoms with Crippen LogP contribution in [0.5, 0.6) is 0 Å². The maximum Gasteiger partial charge on any atom is 0.340 e. The molecular formula is C15H23N3O3. The number of aromatic nitrogens is 1. The lowest BCUT2D eigenvalue weighted by Gasteiger charge is -2.29. The van der Waals surface area contributed by atoms with Gasteiger partial charge in [0.1, 0.15) is 5.82 Å². The van der Waals surface area contributed by atoms with Crippen molar-refractivity contribution in [2.45, 2.75) is 38.6 Å². The Morgan fingerprint density at radius 1 is 1.52 bits per heavy atom. The molecule has 1 saturated carbocycles. The molecule has 0 unspecified atom stereocenters. The second-order valence-electron chi connectivity index (χ2n) is 5.21. The Labute approximate surface area is 124 Å². The van der Waals surface area contributed by atoms with E-state index in [-0.39, 0.29) is 6.61 Å². The molecule has 0 amide bonds. The number of hydrogen-bond acceptors (Lipinski definition) is 6. The van der Waals surface area contributed by atoms with E-state index in [1.54, 1.807) is 13.0 Å². The number of aliphatic hydroxyl groups is 1. The summed E-state index contributed by atoms with van der Waals surface area (Å²) in [6.07, 6.45) is 6.03. The Morgan fingerprint density at radius 3 is 2.86 bits per heavy atom. The van der Waals surface area contributed by atoms with Gasteiger partial charge < -0.3 is 20.5 Å². The van der Waals surface area contributed by atoms with Gasteiger partial charge in [-0.15, -0.1) is 0 Å². The van der Waals surface area contributed by atoms with Crippen LogP contribution in [0.2, 0.25) is 0 Å². The van der Waals surface area contributed by atoms with E-state index in [4.69, 9.17) is 10.5 Å². The summed E-state index contributed by atoms with van der Waals surface area (Å²) in [5, 5.41) is 9.29. The number of esters is 1. The molecule has 116 valence electrons. The van der Waals surface area contributed by atoms with Crippen LogP contribution in [0.1, 0.15) is 43.0 Å². The van der Waals surface area contributed by atoms with Crippen molar-refractivity contribution in [1.29, 1.82) is 0 Å². The zero-order chi connectivity index (χ0) is 15.2. The van der Waals surface area contributed by atoms with E-state index in [1.165, 1.54) is 19.0 Å². The number of anilines is 2. The number of nitrogen functional groups attached to an aromatic ring is 1. The first kappa shape index (κ1) is 15.6. The lowest BCUT2D eigenvalue weighted by molar-refractivity contribution is 0.0527. The fourth-order valence-electron chi connectivity index (χ4n) is 2.81. The molecule has 0 radical (unpaired) electrons. The third kappa shape index (κ3) is 3.64. The largest absolute Gasteiger partial charge is 0.462 e. The number of carbonyl (C=O) groups excluding carboxylic acids is 1. The Hall–Kier alpha value is -1.82. The van der Waals surface area contributed by atoms with Crippen molar-refractivity contribution in [3.63, 3.8) is 0 Å². The molecule has 2 rings (SSSR count). The van der Waals surface area contributed by atoms with Gasteiger partial charge in [0.15, 0.2) is 0 Å². The molecule has 3 N–H and O–H groups in total. The Kier molecular flexibility index (Phi) is 5.38. The number of nitrogens with two attached hydrogens (primary N) is 1. The van der Waals surface area contributed by atoms with Gasteiger partial charge >= 0.3 is 5.97 Å². The molecule has 1 aromatic rings. The summed E-state index contributed by atoms with van der Waals surface area (Å²) in [5.74, 6) is 0.238. The Morgan fingerprint density at radius 2 is 2.24 bits per heavy atom. The highest BCUT2D eigenvalue weighted by Gasteiger charge is 2.24. The van der Waals surface area contributed by atoms with Gasteiger partial charge in [-0.2, -0.15) is 0 Å². The average molecular weight is 293 g/mol. The molecule has 0 atom stereocenters. The topological polar surface area (TPSA) is 88.7 Å². The Balaban J connectivity index is 2.27. The van der Waals surface area contributed by atoms with Crippen molar-refractivity contribution in [2.75, 3.05) is 30.4 Å². The molecule has 0 spiro atoms. The molecule has 6 heteroatoms. The van der Waals surface area contributed by atoms with E-state index in [1.807, 2.05) is 0 Å². The minimum atomic E-state index is -0.436. The SMILES string of the molecule is CCOC(=O)c1cc(N(CCO)C2CCCC2)ncc1N. The number of rotatable bonds is 6. The predicted octanol–water partition coefficient (Wildman–Crippen LogP) is 1.58. The number of aliphatic hydroxyl groups excluding tert-OH is 1. The molecule has 0 bridgehead atoms. The lowest BCUT2D eigenvalue weighted by atomic mass is 10.1. The van der Waals surface area contributed by atoms with E-state index in [9.17, 15) is 9.90 Å². The third-order valence-corrected chi connectivity index (χ3v) is 3.82. The zero-order valence-corrected chi connectivity index (χ0v) is 12.4. The molecule has 1 aliphatic carbocycles. The van der Waals surface area contributed by atoms with Crippen LogP contribution in [0.4, 0.5) is 11.5 Å². The summed E-state index contributed by atoms with van der Waals surface area (Å²) in [6.45, 7) is 2.62. The van der Waals surface area contributed by atoms with Gasteiger partial charge in [0, 0.05) is 12.6 Å². The first-order valence-corrected chi connectivity index (χ1v) is 7.47. The maximum absolute atomic E-state index is 11.9. The standard InChI is InChI=1S/C15H23N3O3/c1-2-21-15(20)12-9-14(17-10-13(12)16)18(7-8-19)11-5-3-4-6-11/h9-11,19H,2-8,16H2,1H3. The van der Waals surface area contributed by atoms with Crippen molar-refractivity contribution in [3.8, 4) is 0 Å². The molecule has 1 fully saturated rings. The van der Waals surface area contributed by atoms with Crippen molar-refractivity contribution >= 4 is 17.5 Å². The molecular weight excluding hydrogens is 270 g/mol. The number of carbonyl (C=O) groups is 1. The van der Waals surface area contributed by atoms with Gasteiger partial charge in [-0.3, -0.25) is 0 Å². The van der Waals surface area contributed by atoms with Crippen molar-refractivity contribution in [2.24, 2.45) is 0 Å². The normalized spacial score (nSPS) is 15.1. The van der Waals surface area contributed by atoms with Crippen LogP contribution in [0.25, 0.3) is 0 Å². The summed E-state index contributed by atoms with van der Waals surface area (Å²) >= 11 is 0. The summed E-state index contributed by atoms with van der Waals surface area (Å²) in [4.78, 5) is 18.3. The van der Waals surface area contributed by atoms with Gasteiger partial charge in [-0.1, -0.05) is 12.8 Å². The monoisotopic (exact) mass is 293 g/mol. The number of pyridine rings is 1. The number of nitrogens with zero attached hydrogens (tertiary/aromatic N) is 2. The fourth-order valence-corrected chi connectivity index (χ4v) is 2.81. The highest BCUT2D eigenvalue weighted by molar-refractivity contribution is 5.95. The van der Waals surface area contributed by atoms with Crippen LogP contribution in [0, 0.1) is 0 Å². The van der Waals surface area contributed by atoms with E-state index in [0.29, 0.717) is 36.3 Å². The summed E-state index contributed by atoms with van der Waals surface area (Å²) in [6, 6.07) is 2.03. The molecule has 0 aromatic carbocycles. The van der Waals surface area contributed by atoms with E-state index < -0.39 is 5.97 Å². The lowest BCUT2D eigenvalue weighted by Crippen LogP contribution is -2.36. The summed E-state index contributed by atoms with van der Waals surface area (Å²) < 4.78 is 5.01. The quantitative estimate of drug-likeness (QED) is 0.774. The smallest absolute Gasteiger partial charge is 0.340 e. The van der Waals surface area contributed by atoms with Crippen LogP contribution in [0.3, 0.4) is 0 Å². The van der Waals surface area contributed by atoms with Crippen molar-refractivity contribution in [1.82, 2.24) is 4.98 Å². The second kappa shape index (κ2) is 7.26. The number of hydrogen-bond donors (Lipinski definition) is 2. The third-order valence-electron chi connectivity index (χ3n) is 3.82. The van der Waals surface area contributed by atoms with E-state index in [2.05, 4.69) is 9.88 Å². The van der Waals surface area contributed by atoms with Gasteiger partial charge in [0.05, 0.1) is 30.7 Å². The summed E-state index contributed by atoms with van der Waals surface area (Å²) in [7, 11) is 0. The molecule has 21 heavy (non-hydrogen) atoms. The molecule has 0 saturated heterocycles. The summed E-state index contributed by atoms with van der Waals surface area (Å²) in [5.41, 5.74) is 6.47. The van der Waals surface area contributed by atoms with Crippen LogP contribution < -0.4 is 10.6 Å². The highest BCUT2D eigenvalue weighted by Crippen LogP contribution is 2.28. The maximum atomic E-state index is 11.9. The van der Waals surface area contributed by atoms with Crippen LogP contribution in [-0.2, 0) is 4.74 Å². The minimum Gasteiger partial charge on any atom is -0.462 e. The first-order chi connectivity index (χ1) is 10.2. The second-order valence-corrected chi connectivity index (χ2v) is 5.21. The van der Waals surface area contributed by atoms with E-state index >= 15 is 0 Å². The molecule has 1 aliphatic rings. The average Bonchev–Trinajstić information content (AvgIpc) is 2.99. The Bertz CT molecular complexity index is 487. The first-order valence-electron chi connectivity index (χ1n) is 7.47. The fraction of sp³-hybridized carbons (Fsp3) is 0.600. The minimum absolute atomic E-state index is 0.0529. The zero-order valence-electron chi connectivity index (χ0n) is 12.4. The molecule has 1 heterocycles. The van der Waals surface area contributed by atoms with Gasteiger partial charge in [-0.05, 0) is 25.8 Å². The highest BCUT2D eigenvalue weighted by atomic mass is 16.5. The molecule has 6 nitrogen and oxygen atoms in total. The van der Waals surface area contributed by atoms with Gasteiger partial charge in [0.25, 0.3) is 0 Å². The van der Waals surface area contributed by atoms with Crippen molar-refractivity contribution < 1.29 is 14.6 Å². The molecule has 1 aromatic heterocycles. The molecule has 0 aliphatic heterocycles.